The molecule has 3 heterocycles. The summed E-state index contributed by atoms with van der Waals surface area (Å²) in [7, 11) is 0. The highest BCUT2D eigenvalue weighted by Gasteiger charge is 2.54. The highest BCUT2D eigenvalue weighted by molar-refractivity contribution is 6.41. The zero-order chi connectivity index (χ0) is 29.3. The van der Waals surface area contributed by atoms with Crippen molar-refractivity contribution >= 4 is 28.9 Å². The van der Waals surface area contributed by atoms with Gasteiger partial charge in [-0.3, -0.25) is 14.4 Å². The van der Waals surface area contributed by atoms with Crippen LogP contribution in [0.3, 0.4) is 0 Å². The van der Waals surface area contributed by atoms with Gasteiger partial charge in [-0.15, -0.1) is 0 Å². The van der Waals surface area contributed by atoms with Crippen molar-refractivity contribution in [3.8, 4) is 11.5 Å². The lowest BCUT2D eigenvalue weighted by Crippen LogP contribution is -2.46. The number of ether oxygens (including phenoxy) is 3. The molecule has 0 spiro atoms. The fourth-order valence-corrected chi connectivity index (χ4v) is 6.17. The Bertz CT molecular complexity index is 1530. The number of ketones is 3. The number of aryl methyl sites for hydroxylation is 1. The molecule has 1 aliphatic carbocycles. The van der Waals surface area contributed by atoms with Gasteiger partial charge in [-0.2, -0.15) is 0 Å². The smallest absolute Gasteiger partial charge is 0.331 e. The Hall–Kier alpha value is -4.02. The first kappa shape index (κ1) is 27.2. The summed E-state index contributed by atoms with van der Waals surface area (Å²) < 4.78 is 17.4. The molecule has 10 nitrogen and oxygen atoms in total. The van der Waals surface area contributed by atoms with E-state index in [9.17, 15) is 29.4 Å². The van der Waals surface area contributed by atoms with Gasteiger partial charge < -0.3 is 29.3 Å². The van der Waals surface area contributed by atoms with Crippen LogP contribution in [0.25, 0.3) is 5.57 Å². The number of phenols is 1. The van der Waals surface area contributed by atoms with Crippen molar-refractivity contribution < 1.29 is 43.6 Å². The zero-order valence-corrected chi connectivity index (χ0v) is 23.2. The van der Waals surface area contributed by atoms with Gasteiger partial charge in [-0.05, 0) is 49.9 Å². The van der Waals surface area contributed by atoms with Crippen LogP contribution in [0.2, 0.25) is 0 Å². The Morgan fingerprint density at radius 1 is 1.12 bits per heavy atom. The molecular weight excluding hydrogens is 530 g/mol. The average molecular weight is 562 g/mol. The summed E-state index contributed by atoms with van der Waals surface area (Å²) in [6.07, 6.45) is -3.17. The predicted molar refractivity (Wildman–Crippen MR) is 144 cm³/mol. The van der Waals surface area contributed by atoms with Crippen LogP contribution in [0, 0.1) is 12.8 Å². The zero-order valence-electron chi connectivity index (χ0n) is 23.2. The average Bonchev–Trinajstić information content (AvgIpc) is 3.25. The van der Waals surface area contributed by atoms with E-state index >= 15 is 0 Å². The lowest BCUT2D eigenvalue weighted by molar-refractivity contribution is -0.182. The Labute approximate surface area is 236 Å². The number of aromatic hydroxyl groups is 1. The van der Waals surface area contributed by atoms with Gasteiger partial charge in [0.25, 0.3) is 0 Å². The highest BCUT2D eigenvalue weighted by Crippen LogP contribution is 2.52. The number of aliphatic hydroxyl groups excluding tert-OH is 1. The van der Waals surface area contributed by atoms with Gasteiger partial charge in [-0.25, -0.2) is 4.79 Å². The molecule has 10 heteroatoms. The van der Waals surface area contributed by atoms with Gasteiger partial charge in [0.1, 0.15) is 35.4 Å². The maximum Gasteiger partial charge on any atom is 0.331 e. The van der Waals surface area contributed by atoms with E-state index in [4.69, 9.17) is 14.2 Å². The van der Waals surface area contributed by atoms with E-state index in [-0.39, 0.29) is 51.8 Å². The van der Waals surface area contributed by atoms with Gasteiger partial charge in [-0.1, -0.05) is 32.4 Å². The molecule has 0 bridgehead atoms. The number of phenolic OH excluding ortho intramolecular Hbond substituents is 1. The largest absolute Gasteiger partial charge is 0.507 e. The minimum atomic E-state index is -1.29. The molecule has 2 N–H and O–H groups in total. The number of Topliss-reactive ketones (excluding diaryl/α,β-unsaturated/α-hetero) is 3. The molecule has 3 aliphatic heterocycles. The molecule has 2 aromatic carbocycles. The molecule has 2 saturated heterocycles. The van der Waals surface area contributed by atoms with Gasteiger partial charge in [0.05, 0.1) is 11.1 Å². The molecule has 2 fully saturated rings. The fraction of sp³-hybridized carbons (Fsp3) is 0.419. The molecule has 2 aromatic rings. The quantitative estimate of drug-likeness (QED) is 0.521. The number of hydrogen-bond acceptors (Lipinski definition) is 10. The molecule has 41 heavy (non-hydrogen) atoms. The number of esters is 1. The molecule has 4 aliphatic rings. The standard InChI is InChI=1S/C31H31NO9/c1-5-13(2)10-18-31(38)41-30-17-9-14(3)11-19(33)23(17)25-26(32(18)30)29(37)24-16(28(25)36)7-6-8-21(24)40-22-12-20(34)27(35)15(4)39-22/h6-9,11,13,15,18,20,22,30,33-34H,5,10,12H2,1-4H3/t13?,15?,18-,20?,22?,30?/m0/s1. The van der Waals surface area contributed by atoms with Crippen molar-refractivity contribution in [1.82, 2.24) is 4.90 Å². The minimum absolute atomic E-state index is 0.0133. The van der Waals surface area contributed by atoms with Crippen LogP contribution in [0.5, 0.6) is 11.5 Å². The summed E-state index contributed by atoms with van der Waals surface area (Å²) in [4.78, 5) is 55.5. The summed E-state index contributed by atoms with van der Waals surface area (Å²) in [6.45, 7) is 7.30. The third-order valence-corrected chi connectivity index (χ3v) is 8.41. The van der Waals surface area contributed by atoms with E-state index in [1.807, 2.05) is 13.8 Å². The first-order chi connectivity index (χ1) is 19.5. The first-order valence-electron chi connectivity index (χ1n) is 13.8. The molecular formula is C31H31NO9. The Balaban J connectivity index is 1.51. The van der Waals surface area contributed by atoms with E-state index in [1.54, 1.807) is 24.0 Å². The van der Waals surface area contributed by atoms with Crippen molar-refractivity contribution in [2.45, 2.75) is 77.7 Å². The number of benzene rings is 2. The van der Waals surface area contributed by atoms with E-state index < -0.39 is 54.1 Å². The molecule has 214 valence electrons. The third-order valence-electron chi connectivity index (χ3n) is 8.41. The van der Waals surface area contributed by atoms with Crippen LogP contribution in [0.1, 0.15) is 83.7 Å². The molecule has 6 rings (SSSR count). The van der Waals surface area contributed by atoms with E-state index in [0.29, 0.717) is 17.5 Å². The van der Waals surface area contributed by atoms with Crippen LogP contribution in [-0.2, 0) is 19.1 Å². The van der Waals surface area contributed by atoms with Gasteiger partial charge >= 0.3 is 5.97 Å². The second-order valence-corrected chi connectivity index (χ2v) is 11.2. The molecule has 5 unspecified atom stereocenters. The lowest BCUT2D eigenvalue weighted by Gasteiger charge is -2.39. The summed E-state index contributed by atoms with van der Waals surface area (Å²) >= 11 is 0. The monoisotopic (exact) mass is 561 g/mol. The minimum Gasteiger partial charge on any atom is -0.507 e. The number of hydrogen-bond donors (Lipinski definition) is 2. The van der Waals surface area contributed by atoms with Crippen LogP contribution in [-0.4, -0.2) is 63.0 Å². The lowest BCUT2D eigenvalue weighted by atomic mass is 9.78. The van der Waals surface area contributed by atoms with Crippen molar-refractivity contribution in [3.63, 3.8) is 0 Å². The number of aliphatic hydroxyl groups is 1. The number of fused-ring (bicyclic) bond motifs is 6. The van der Waals surface area contributed by atoms with E-state index in [1.165, 1.54) is 25.1 Å². The summed E-state index contributed by atoms with van der Waals surface area (Å²) in [5, 5.41) is 21.2. The second-order valence-electron chi connectivity index (χ2n) is 11.2. The van der Waals surface area contributed by atoms with Crippen molar-refractivity contribution in [2.75, 3.05) is 0 Å². The maximum atomic E-state index is 14.5. The Kier molecular flexibility index (Phi) is 6.50. The predicted octanol–water partition coefficient (Wildman–Crippen LogP) is 3.61. The Morgan fingerprint density at radius 3 is 2.59 bits per heavy atom. The van der Waals surface area contributed by atoms with Gasteiger partial charge in [0.15, 0.2) is 11.6 Å². The number of rotatable bonds is 5. The van der Waals surface area contributed by atoms with Crippen LogP contribution in [0.4, 0.5) is 0 Å². The van der Waals surface area contributed by atoms with Crippen LogP contribution in [0.15, 0.2) is 36.0 Å². The molecule has 0 amide bonds. The molecule has 0 radical (unpaired) electrons. The first-order valence-corrected chi connectivity index (χ1v) is 13.8. The summed E-state index contributed by atoms with van der Waals surface area (Å²) in [6, 6.07) is 7.04. The van der Waals surface area contributed by atoms with Crippen molar-refractivity contribution in [2.24, 2.45) is 5.92 Å². The molecule has 6 atom stereocenters. The molecule has 0 saturated carbocycles. The van der Waals surface area contributed by atoms with E-state index in [0.717, 1.165) is 6.42 Å². The van der Waals surface area contributed by atoms with Gasteiger partial charge in [0, 0.05) is 23.1 Å². The van der Waals surface area contributed by atoms with Crippen LogP contribution >= 0.6 is 0 Å². The Morgan fingerprint density at radius 2 is 1.88 bits per heavy atom. The van der Waals surface area contributed by atoms with Crippen molar-refractivity contribution in [3.05, 3.63) is 63.8 Å². The third kappa shape index (κ3) is 4.16. The van der Waals surface area contributed by atoms with Crippen molar-refractivity contribution in [1.29, 1.82) is 0 Å². The van der Waals surface area contributed by atoms with E-state index in [2.05, 4.69) is 0 Å². The normalized spacial score (nSPS) is 27.6. The van der Waals surface area contributed by atoms with Gasteiger partial charge in [0.2, 0.25) is 18.3 Å². The maximum absolute atomic E-state index is 14.5. The second kappa shape index (κ2) is 9.81. The molecule has 0 aromatic heterocycles. The van der Waals surface area contributed by atoms with Crippen LogP contribution < -0.4 is 4.74 Å². The summed E-state index contributed by atoms with van der Waals surface area (Å²) in [5.41, 5.74) is 1.36. The number of allylic oxidation sites excluding steroid dienone is 2. The number of carbonyl (C=O) groups is 4. The highest BCUT2D eigenvalue weighted by atomic mass is 16.7. The number of carbonyl (C=O) groups excluding carboxylic acids is 4. The topological polar surface area (TPSA) is 140 Å². The number of nitrogens with zero attached hydrogens (tertiary/aromatic N) is 1. The SMILES string of the molecule is CCC(C)C[C@H]1C(=O)OC2c3cc(C)cc(O)c3C3=C(C(=O)c4c(OC5CC(O)C(=O)C(C)O5)cccc4C3=O)N21. The fourth-order valence-electron chi connectivity index (χ4n) is 6.17. The summed E-state index contributed by atoms with van der Waals surface area (Å²) in [5.74, 6) is -2.05.